The molecule has 1 fully saturated rings. The van der Waals surface area contributed by atoms with Gasteiger partial charge in [0, 0.05) is 65.1 Å². The van der Waals surface area contributed by atoms with Gasteiger partial charge in [-0.1, -0.05) is 97.4 Å². The minimum atomic E-state index is -0.337. The van der Waals surface area contributed by atoms with Gasteiger partial charge in [0.05, 0.1) is 11.1 Å². The Morgan fingerprint density at radius 1 is 0.893 bits per heavy atom. The van der Waals surface area contributed by atoms with Gasteiger partial charge in [-0.3, -0.25) is 9.78 Å². The molecular weight excluding hydrogens is 871 g/mol. The van der Waals surface area contributed by atoms with Gasteiger partial charge in [-0.15, -0.1) is 18.2 Å². The van der Waals surface area contributed by atoms with Gasteiger partial charge in [-0.2, -0.15) is 0 Å². The Bertz CT molecular complexity index is 2410. The number of fused-ring (bicyclic) bond motifs is 6. The second-order valence-corrected chi connectivity index (χ2v) is 16.8. The predicted molar refractivity (Wildman–Crippen MR) is 229 cm³/mol. The zero-order chi connectivity index (χ0) is 39.8. The zero-order valence-corrected chi connectivity index (χ0v) is 37.8. The van der Waals surface area contributed by atoms with Crippen molar-refractivity contribution < 1.29 is 34.4 Å². The van der Waals surface area contributed by atoms with Crippen LogP contribution >= 0.6 is 0 Å². The third-order valence-electron chi connectivity index (χ3n) is 13.1. The van der Waals surface area contributed by atoms with Crippen LogP contribution in [0.3, 0.4) is 0 Å². The minimum Gasteiger partial charge on any atom is -0.512 e. The number of aliphatic hydroxyl groups is 1. The molecule has 7 rings (SSSR count). The number of aromatic nitrogens is 3. The van der Waals surface area contributed by atoms with Crippen LogP contribution in [0.1, 0.15) is 147 Å². The summed E-state index contributed by atoms with van der Waals surface area (Å²) in [5.74, 6) is 1.97. The van der Waals surface area contributed by atoms with Crippen molar-refractivity contribution in [2.75, 3.05) is 0 Å². The van der Waals surface area contributed by atoms with E-state index in [1.807, 2.05) is 60.6 Å². The van der Waals surface area contributed by atoms with Gasteiger partial charge in [-0.05, 0) is 105 Å². The van der Waals surface area contributed by atoms with Crippen molar-refractivity contribution in [1.82, 2.24) is 15.0 Å². The number of allylic oxidation sites excluding steroid dienone is 2. The number of rotatable bonds is 10. The largest absolute Gasteiger partial charge is 0.512 e. The number of hydrogen-bond acceptors (Lipinski definition) is 6. The molecule has 1 saturated carbocycles. The predicted octanol–water partition coefficient (Wildman–Crippen LogP) is 13.9. The summed E-state index contributed by atoms with van der Waals surface area (Å²) in [6.45, 7) is 23.0. The second kappa shape index (κ2) is 17.3. The number of carbonyl (C=O) groups excluding carboxylic acids is 1. The van der Waals surface area contributed by atoms with Crippen LogP contribution < -0.4 is 0 Å². The van der Waals surface area contributed by atoms with Gasteiger partial charge < -0.3 is 9.52 Å². The fraction of sp³-hybridized carbons (Fsp3) is 0.469. The summed E-state index contributed by atoms with van der Waals surface area (Å²) in [5, 5.41) is 15.7. The van der Waals surface area contributed by atoms with E-state index in [1.165, 1.54) is 59.2 Å². The number of pyridine rings is 1. The Hall–Kier alpha value is -3.93. The molecule has 6 aromatic rings. The van der Waals surface area contributed by atoms with E-state index in [-0.39, 0.29) is 48.4 Å². The summed E-state index contributed by atoms with van der Waals surface area (Å²) in [6.07, 6.45) is 9.97. The minimum absolute atomic E-state index is 0. The monoisotopic (exact) mass is 931 g/mol. The summed E-state index contributed by atoms with van der Waals surface area (Å²) in [6, 6.07) is 18.4. The summed E-state index contributed by atoms with van der Waals surface area (Å²) in [4.78, 5) is 27.2. The molecule has 1 radical (unpaired) electrons. The summed E-state index contributed by atoms with van der Waals surface area (Å²) in [5.41, 5.74) is 8.86. The zero-order valence-electron chi connectivity index (χ0n) is 35.4. The van der Waals surface area contributed by atoms with Gasteiger partial charge in [-0.25, -0.2) is 9.97 Å². The number of furan rings is 1. The van der Waals surface area contributed by atoms with Gasteiger partial charge in [0.15, 0.2) is 5.78 Å². The summed E-state index contributed by atoms with van der Waals surface area (Å²) < 4.78 is 6.38. The van der Waals surface area contributed by atoms with Crippen LogP contribution in [0.15, 0.2) is 58.7 Å². The molecule has 0 bridgehead atoms. The first-order valence-corrected chi connectivity index (χ1v) is 20.6. The van der Waals surface area contributed by atoms with Crippen LogP contribution in [0.5, 0.6) is 0 Å². The van der Waals surface area contributed by atoms with Crippen molar-refractivity contribution in [2.24, 2.45) is 10.8 Å². The number of hydrogen-bond donors (Lipinski definition) is 1. The second-order valence-electron chi connectivity index (χ2n) is 16.8. The molecule has 0 unspecified atom stereocenters. The number of aliphatic hydroxyl groups excluding tert-OH is 1. The standard InChI is InChI=1S/C34H32N3O.C15H28O2.Ir/c1-18(2)33-36-30(27-12-8-11-24-25-15-13-20(4)35-34(25)38-32(24)27)26-16-14-23-17-19(3)28(22-9-6-7-10-22)21(5)29(23)31(26)37-33;1-7-14(5,8-2)12(16)11-13(17)15(6,9-3)10-4;/h8,11,13-18,22H,6-7,9-10H2,1-5H3;11,16H,7-10H2,1-6H3;/q-1;;/b;12-11-;. The number of aryl methyl sites for hydroxylation is 3. The van der Waals surface area contributed by atoms with E-state index in [1.54, 1.807) is 0 Å². The average Bonchev–Trinajstić information content (AvgIpc) is 3.84. The first kappa shape index (κ1) is 43.2. The van der Waals surface area contributed by atoms with Crippen molar-refractivity contribution in [3.05, 3.63) is 88.6 Å². The Morgan fingerprint density at radius 2 is 1.54 bits per heavy atom. The van der Waals surface area contributed by atoms with E-state index >= 15 is 0 Å². The van der Waals surface area contributed by atoms with E-state index in [4.69, 9.17) is 14.4 Å². The van der Waals surface area contributed by atoms with Crippen LogP contribution in [-0.2, 0) is 24.9 Å². The van der Waals surface area contributed by atoms with Gasteiger partial charge in [0.2, 0.25) is 5.71 Å². The fourth-order valence-corrected chi connectivity index (χ4v) is 8.35. The maximum Gasteiger partial charge on any atom is 0.216 e. The topological polar surface area (TPSA) is 89.1 Å². The van der Waals surface area contributed by atoms with E-state index in [0.717, 1.165) is 75.7 Å². The molecule has 1 aliphatic carbocycles. The smallest absolute Gasteiger partial charge is 0.216 e. The van der Waals surface area contributed by atoms with Crippen LogP contribution in [-0.4, -0.2) is 25.8 Å². The maximum absolute atomic E-state index is 12.2. The average molecular weight is 931 g/mol. The Labute approximate surface area is 347 Å². The van der Waals surface area contributed by atoms with Crippen molar-refractivity contribution in [3.8, 4) is 11.3 Å². The van der Waals surface area contributed by atoms with Crippen molar-refractivity contribution in [2.45, 2.75) is 139 Å². The third kappa shape index (κ3) is 7.96. The maximum atomic E-state index is 12.2. The molecule has 3 heterocycles. The van der Waals surface area contributed by atoms with E-state index in [2.05, 4.69) is 69.1 Å². The van der Waals surface area contributed by atoms with Gasteiger partial charge in [0.1, 0.15) is 11.6 Å². The number of nitrogens with zero attached hydrogens (tertiary/aromatic N) is 3. The van der Waals surface area contributed by atoms with Crippen LogP contribution in [0.2, 0.25) is 0 Å². The molecule has 7 heteroatoms. The number of benzene rings is 3. The molecule has 56 heavy (non-hydrogen) atoms. The molecule has 0 atom stereocenters. The first-order chi connectivity index (χ1) is 26.2. The van der Waals surface area contributed by atoms with E-state index < -0.39 is 0 Å². The Balaban J connectivity index is 0.000000285. The molecule has 0 amide bonds. The molecule has 0 spiro atoms. The van der Waals surface area contributed by atoms with Crippen molar-refractivity contribution >= 4 is 49.5 Å². The molecule has 0 aliphatic heterocycles. The van der Waals surface area contributed by atoms with Crippen LogP contribution in [0.4, 0.5) is 0 Å². The molecule has 3 aromatic carbocycles. The van der Waals surface area contributed by atoms with Crippen LogP contribution in [0, 0.1) is 37.7 Å². The number of ketones is 1. The SMILES string of the molecule is CCC(C)(CC)C(=O)/C=C(\O)C(C)(CC)CC.Cc1ccc2c(n1)oc1c(-c3nc(C(C)C)nc4c3ccc3cc(C)c(C5CCCC5)c(C)c34)[c-]ccc12.[Ir]. The van der Waals surface area contributed by atoms with E-state index in [0.29, 0.717) is 11.6 Å². The first-order valence-electron chi connectivity index (χ1n) is 20.6. The van der Waals surface area contributed by atoms with Gasteiger partial charge >= 0.3 is 0 Å². The fourth-order valence-electron chi connectivity index (χ4n) is 8.35. The normalized spacial score (nSPS) is 14.2. The Morgan fingerprint density at radius 3 is 2.16 bits per heavy atom. The molecule has 3 aromatic heterocycles. The number of carbonyl (C=O) groups is 1. The molecule has 6 nitrogen and oxygen atoms in total. The van der Waals surface area contributed by atoms with E-state index in [9.17, 15) is 9.90 Å². The Kier molecular flexibility index (Phi) is 13.3. The molecular formula is C49H60IrN3O3-. The summed E-state index contributed by atoms with van der Waals surface area (Å²) >= 11 is 0. The van der Waals surface area contributed by atoms with Gasteiger partial charge in [0.25, 0.3) is 0 Å². The van der Waals surface area contributed by atoms with Crippen molar-refractivity contribution in [3.63, 3.8) is 0 Å². The molecule has 1 N–H and O–H groups in total. The molecule has 1 aliphatic rings. The quantitative estimate of drug-likeness (QED) is 0.0637. The van der Waals surface area contributed by atoms with Crippen LogP contribution in [0.25, 0.3) is 55.0 Å². The summed E-state index contributed by atoms with van der Waals surface area (Å²) in [7, 11) is 0. The van der Waals surface area contributed by atoms with Crippen molar-refractivity contribution in [1.29, 1.82) is 0 Å². The molecule has 0 saturated heterocycles. The molecule has 299 valence electrons. The third-order valence-corrected chi connectivity index (χ3v) is 13.1.